The zero-order valence-corrected chi connectivity index (χ0v) is 10.9. The van der Waals surface area contributed by atoms with Gasteiger partial charge in [-0.05, 0) is 46.0 Å². The molecular weight excluding hydrogens is 210 g/mol. The van der Waals surface area contributed by atoms with Crippen molar-refractivity contribution < 1.29 is 9.29 Å². The lowest BCUT2D eigenvalue weighted by Gasteiger charge is -2.25. The summed E-state index contributed by atoms with van der Waals surface area (Å²) in [7, 11) is 0. The van der Waals surface area contributed by atoms with E-state index in [9.17, 15) is 4.55 Å². The summed E-state index contributed by atoms with van der Waals surface area (Å²) in [5, 5.41) is 0. The van der Waals surface area contributed by atoms with Crippen LogP contribution < -0.4 is 4.72 Å². The largest absolute Gasteiger partial charge is 0.598 e. The van der Waals surface area contributed by atoms with Gasteiger partial charge in [0.2, 0.25) is 0 Å². The monoisotopic (exact) mass is 233 g/mol. The summed E-state index contributed by atoms with van der Waals surface area (Å²) < 4.78 is 19.9. The molecule has 1 aliphatic rings. The van der Waals surface area contributed by atoms with E-state index < -0.39 is 11.4 Å². The maximum absolute atomic E-state index is 11.7. The van der Waals surface area contributed by atoms with Crippen molar-refractivity contribution in [3.05, 3.63) is 0 Å². The van der Waals surface area contributed by atoms with Crippen molar-refractivity contribution in [2.45, 2.75) is 44.8 Å². The van der Waals surface area contributed by atoms with Crippen LogP contribution in [-0.4, -0.2) is 29.1 Å². The van der Waals surface area contributed by atoms with Crippen LogP contribution >= 0.6 is 0 Å². The summed E-state index contributed by atoms with van der Waals surface area (Å²) in [4.78, 5) is 0. The van der Waals surface area contributed by atoms with E-state index in [2.05, 4.69) is 4.72 Å². The molecule has 1 fully saturated rings. The Bertz CT molecular complexity index is 176. The zero-order chi connectivity index (χ0) is 11.3. The minimum absolute atomic E-state index is 0.157. The molecule has 0 aromatic heterocycles. The summed E-state index contributed by atoms with van der Waals surface area (Å²) in [6.07, 6.45) is 3.43. The van der Waals surface area contributed by atoms with Crippen molar-refractivity contribution in [3.8, 4) is 0 Å². The third-order valence-corrected chi connectivity index (χ3v) is 4.26. The highest BCUT2D eigenvalue weighted by atomic mass is 32.2. The van der Waals surface area contributed by atoms with Gasteiger partial charge in [-0.3, -0.25) is 0 Å². The molecule has 0 aliphatic carbocycles. The van der Waals surface area contributed by atoms with E-state index in [1.54, 1.807) is 0 Å². The molecule has 1 rings (SSSR count). The first kappa shape index (κ1) is 13.3. The highest BCUT2D eigenvalue weighted by Crippen LogP contribution is 2.18. The van der Waals surface area contributed by atoms with Gasteiger partial charge in [-0.1, -0.05) is 0 Å². The van der Waals surface area contributed by atoms with Crippen molar-refractivity contribution in [1.82, 2.24) is 4.72 Å². The topological polar surface area (TPSA) is 44.3 Å². The Morgan fingerprint density at radius 3 is 2.47 bits per heavy atom. The summed E-state index contributed by atoms with van der Waals surface area (Å²) >= 11 is -0.923. The van der Waals surface area contributed by atoms with Crippen LogP contribution in [0.25, 0.3) is 0 Å². The fraction of sp³-hybridized carbons (Fsp3) is 1.00. The molecule has 1 heterocycles. The average molecular weight is 233 g/mol. The standard InChI is InChI=1S/C11H23NO2S/c1-11(2,3)15(13)12-7-4-10-5-8-14-9-6-10/h10,12H,4-9H2,1-3H3/t15-/m0/s1. The highest BCUT2D eigenvalue weighted by Gasteiger charge is 2.26. The summed E-state index contributed by atoms with van der Waals surface area (Å²) in [6, 6.07) is 0. The molecule has 90 valence electrons. The van der Waals surface area contributed by atoms with E-state index in [0.717, 1.165) is 44.9 Å². The van der Waals surface area contributed by atoms with E-state index in [0.29, 0.717) is 0 Å². The first-order valence-corrected chi connectivity index (χ1v) is 6.88. The molecule has 0 radical (unpaired) electrons. The van der Waals surface area contributed by atoms with E-state index in [4.69, 9.17) is 4.74 Å². The molecule has 0 spiro atoms. The van der Waals surface area contributed by atoms with Gasteiger partial charge in [-0.2, -0.15) is 0 Å². The highest BCUT2D eigenvalue weighted by molar-refractivity contribution is 7.90. The maximum Gasteiger partial charge on any atom is 0.136 e. The van der Waals surface area contributed by atoms with E-state index >= 15 is 0 Å². The molecule has 0 amide bonds. The maximum atomic E-state index is 11.7. The van der Waals surface area contributed by atoms with Gasteiger partial charge in [0.05, 0.1) is 0 Å². The van der Waals surface area contributed by atoms with Crippen molar-refractivity contribution in [1.29, 1.82) is 0 Å². The molecule has 15 heavy (non-hydrogen) atoms. The first-order chi connectivity index (χ1) is 7.00. The molecule has 1 aliphatic heterocycles. The Morgan fingerprint density at radius 2 is 1.93 bits per heavy atom. The molecule has 1 saturated heterocycles. The molecule has 0 unspecified atom stereocenters. The number of hydrogen-bond donors (Lipinski definition) is 1. The van der Waals surface area contributed by atoms with E-state index in [1.807, 2.05) is 20.8 Å². The lowest BCUT2D eigenvalue weighted by Crippen LogP contribution is -2.40. The van der Waals surface area contributed by atoms with Crippen LogP contribution in [0.1, 0.15) is 40.0 Å². The van der Waals surface area contributed by atoms with E-state index in [1.165, 1.54) is 0 Å². The van der Waals surface area contributed by atoms with Gasteiger partial charge in [0.25, 0.3) is 0 Å². The van der Waals surface area contributed by atoms with Crippen LogP contribution in [0.5, 0.6) is 0 Å². The van der Waals surface area contributed by atoms with Gasteiger partial charge in [0, 0.05) is 31.1 Å². The Labute approximate surface area is 96.3 Å². The first-order valence-electron chi connectivity index (χ1n) is 5.73. The molecule has 0 saturated carbocycles. The van der Waals surface area contributed by atoms with Gasteiger partial charge in [0.15, 0.2) is 0 Å². The third-order valence-electron chi connectivity index (χ3n) is 2.68. The minimum Gasteiger partial charge on any atom is -0.598 e. The van der Waals surface area contributed by atoms with Crippen LogP contribution in [0.4, 0.5) is 0 Å². The lowest BCUT2D eigenvalue weighted by atomic mass is 9.97. The second kappa shape index (κ2) is 6.09. The van der Waals surface area contributed by atoms with Crippen molar-refractivity contribution >= 4 is 11.4 Å². The van der Waals surface area contributed by atoms with Gasteiger partial charge in [0.1, 0.15) is 4.75 Å². The van der Waals surface area contributed by atoms with Crippen LogP contribution in [0.15, 0.2) is 0 Å². The molecule has 1 N–H and O–H groups in total. The Balaban J connectivity index is 2.10. The van der Waals surface area contributed by atoms with Crippen molar-refractivity contribution in [2.24, 2.45) is 5.92 Å². The minimum atomic E-state index is -0.923. The van der Waals surface area contributed by atoms with Gasteiger partial charge in [-0.25, -0.2) is 0 Å². The lowest BCUT2D eigenvalue weighted by molar-refractivity contribution is 0.0644. The number of hydrogen-bond acceptors (Lipinski definition) is 3. The molecule has 0 aromatic rings. The predicted molar refractivity (Wildman–Crippen MR) is 64.1 cm³/mol. The molecule has 0 aromatic carbocycles. The number of rotatable bonds is 4. The average Bonchev–Trinajstić information content (AvgIpc) is 2.18. The quantitative estimate of drug-likeness (QED) is 0.754. The third kappa shape index (κ3) is 5.20. The second-order valence-electron chi connectivity index (χ2n) is 5.12. The SMILES string of the molecule is CC(C)(C)[S@+]([O-])NCCC1CCOCC1. The smallest absolute Gasteiger partial charge is 0.136 e. The summed E-state index contributed by atoms with van der Waals surface area (Å²) in [6.45, 7) is 8.62. The van der Waals surface area contributed by atoms with E-state index in [-0.39, 0.29) is 4.75 Å². The Hall–Kier alpha value is 0.230. The van der Waals surface area contributed by atoms with Crippen molar-refractivity contribution in [3.63, 3.8) is 0 Å². The normalized spacial score (nSPS) is 21.6. The predicted octanol–water partition coefficient (Wildman–Crippen LogP) is 1.85. The molecular formula is C11H23NO2S. The fourth-order valence-electron chi connectivity index (χ4n) is 1.61. The molecule has 0 bridgehead atoms. The van der Waals surface area contributed by atoms with Crippen LogP contribution in [0.2, 0.25) is 0 Å². The summed E-state index contributed by atoms with van der Waals surface area (Å²) in [5.41, 5.74) is 0. The molecule has 1 atom stereocenters. The van der Waals surface area contributed by atoms with Gasteiger partial charge >= 0.3 is 0 Å². The van der Waals surface area contributed by atoms with Crippen LogP contribution in [-0.2, 0) is 16.1 Å². The van der Waals surface area contributed by atoms with Gasteiger partial charge < -0.3 is 9.29 Å². The second-order valence-corrected chi connectivity index (χ2v) is 7.17. The van der Waals surface area contributed by atoms with Crippen LogP contribution in [0.3, 0.4) is 0 Å². The number of ether oxygens (including phenoxy) is 1. The van der Waals surface area contributed by atoms with Crippen molar-refractivity contribution in [2.75, 3.05) is 19.8 Å². The van der Waals surface area contributed by atoms with Crippen LogP contribution in [0, 0.1) is 5.92 Å². The zero-order valence-electron chi connectivity index (χ0n) is 10.0. The fourth-order valence-corrected chi connectivity index (χ4v) is 2.34. The molecule has 4 heteroatoms. The Morgan fingerprint density at radius 1 is 1.33 bits per heavy atom. The summed E-state index contributed by atoms with van der Waals surface area (Å²) in [5.74, 6) is 0.753. The number of nitrogens with one attached hydrogen (secondary N) is 1. The van der Waals surface area contributed by atoms with Gasteiger partial charge in [-0.15, -0.1) is 4.72 Å². The Kier molecular flexibility index (Phi) is 5.39. The molecule has 3 nitrogen and oxygen atoms in total.